The van der Waals surface area contributed by atoms with Gasteiger partial charge in [0.05, 0.1) is 24.0 Å². The summed E-state index contributed by atoms with van der Waals surface area (Å²) in [5.74, 6) is 0. The number of benzene rings is 1. The number of allylic oxidation sites excluding steroid dienone is 1. The van der Waals surface area contributed by atoms with Crippen LogP contribution in [0.5, 0.6) is 0 Å². The normalized spacial score (nSPS) is 17.4. The van der Waals surface area contributed by atoms with E-state index in [1.165, 1.54) is 10.6 Å². The van der Waals surface area contributed by atoms with E-state index in [0.29, 0.717) is 39.4 Å². The molecular weight excluding hydrogens is 344 g/mol. The lowest BCUT2D eigenvalue weighted by molar-refractivity contribution is 0.153. The van der Waals surface area contributed by atoms with Crippen molar-refractivity contribution in [3.63, 3.8) is 0 Å². The molecule has 0 bridgehead atoms. The third-order valence-electron chi connectivity index (χ3n) is 4.38. The summed E-state index contributed by atoms with van der Waals surface area (Å²) < 4.78 is 29.7. The Balaban J connectivity index is 1.85. The smallest absolute Gasteiger partial charge is 0.211 e. The van der Waals surface area contributed by atoms with Gasteiger partial charge in [0.15, 0.2) is 4.77 Å². The fraction of sp³-hybridized carbons (Fsp3) is 0.438. The fourth-order valence-corrected chi connectivity index (χ4v) is 4.27. The first-order valence-electron chi connectivity index (χ1n) is 7.88. The average Bonchev–Trinajstić information content (AvgIpc) is 2.81. The summed E-state index contributed by atoms with van der Waals surface area (Å²) in [5, 5.41) is 0. The van der Waals surface area contributed by atoms with E-state index in [2.05, 4.69) is 32.7 Å². The van der Waals surface area contributed by atoms with Gasteiger partial charge in [-0.1, -0.05) is 18.2 Å². The maximum absolute atomic E-state index is 11.6. The number of aromatic nitrogens is 2. The lowest BCUT2D eigenvalue weighted by atomic mass is 10.3. The molecule has 0 aliphatic carbocycles. The number of para-hydroxylation sites is 2. The van der Waals surface area contributed by atoms with E-state index in [0.717, 1.165) is 15.8 Å². The molecule has 0 amide bonds. The topological polar surface area (TPSA) is 50.5 Å². The van der Waals surface area contributed by atoms with Crippen LogP contribution in [0, 0.1) is 4.77 Å². The molecule has 1 aliphatic heterocycles. The Hall–Kier alpha value is -1.48. The summed E-state index contributed by atoms with van der Waals surface area (Å²) >= 11 is 5.65. The first-order chi connectivity index (χ1) is 11.4. The number of fused-ring (bicyclic) bond motifs is 1. The maximum atomic E-state index is 11.6. The molecule has 1 aliphatic rings. The minimum atomic E-state index is -3.10. The molecule has 6 nitrogen and oxygen atoms in total. The molecular formula is C16H22N4O2S2. The molecule has 8 heteroatoms. The van der Waals surface area contributed by atoms with E-state index in [-0.39, 0.29) is 0 Å². The van der Waals surface area contributed by atoms with E-state index >= 15 is 0 Å². The van der Waals surface area contributed by atoms with Crippen LogP contribution in [-0.4, -0.2) is 59.2 Å². The Morgan fingerprint density at radius 2 is 1.71 bits per heavy atom. The van der Waals surface area contributed by atoms with Crippen molar-refractivity contribution in [3.05, 3.63) is 41.7 Å². The third kappa shape index (κ3) is 3.32. The van der Waals surface area contributed by atoms with Crippen LogP contribution in [0.4, 0.5) is 0 Å². The van der Waals surface area contributed by atoms with Crippen molar-refractivity contribution < 1.29 is 8.42 Å². The molecule has 1 saturated heterocycles. The minimum absolute atomic E-state index is 0.525. The number of imidazole rings is 1. The molecule has 24 heavy (non-hydrogen) atoms. The third-order valence-corrected chi connectivity index (χ3v) is 6.12. The van der Waals surface area contributed by atoms with Gasteiger partial charge in [0.25, 0.3) is 0 Å². The summed E-state index contributed by atoms with van der Waals surface area (Å²) in [6.45, 7) is 7.61. The van der Waals surface area contributed by atoms with E-state index in [4.69, 9.17) is 12.2 Å². The van der Waals surface area contributed by atoms with Gasteiger partial charge < -0.3 is 9.13 Å². The van der Waals surface area contributed by atoms with Gasteiger partial charge in [-0.25, -0.2) is 8.42 Å². The standard InChI is InChI=1S/C16H22N4O2S2/c1-3-8-19-14-6-4-5-7-15(14)20(16(19)23)13-17-9-11-18(12-10-17)24(2,21)22/h3-7H,1,8-13H2,2H3. The van der Waals surface area contributed by atoms with Crippen LogP contribution in [0.1, 0.15) is 0 Å². The van der Waals surface area contributed by atoms with Gasteiger partial charge in [0.2, 0.25) is 10.0 Å². The quantitative estimate of drug-likeness (QED) is 0.599. The summed E-state index contributed by atoms with van der Waals surface area (Å²) in [4.78, 5) is 2.24. The van der Waals surface area contributed by atoms with Crippen molar-refractivity contribution in [1.29, 1.82) is 0 Å². The van der Waals surface area contributed by atoms with Crippen molar-refractivity contribution in [3.8, 4) is 0 Å². The van der Waals surface area contributed by atoms with Gasteiger partial charge in [0.1, 0.15) is 0 Å². The maximum Gasteiger partial charge on any atom is 0.211 e. The highest BCUT2D eigenvalue weighted by atomic mass is 32.2. The molecule has 0 radical (unpaired) electrons. The van der Waals surface area contributed by atoms with Gasteiger partial charge in [0, 0.05) is 32.7 Å². The molecule has 130 valence electrons. The van der Waals surface area contributed by atoms with Gasteiger partial charge >= 0.3 is 0 Å². The van der Waals surface area contributed by atoms with Crippen molar-refractivity contribution in [2.75, 3.05) is 32.4 Å². The number of nitrogens with zero attached hydrogens (tertiary/aromatic N) is 4. The van der Waals surface area contributed by atoms with Crippen LogP contribution < -0.4 is 0 Å². The zero-order chi connectivity index (χ0) is 17.3. The Labute approximate surface area is 147 Å². The Bertz CT molecular complexity index is 906. The fourth-order valence-electron chi connectivity index (χ4n) is 3.12. The van der Waals surface area contributed by atoms with Crippen LogP contribution in [0.2, 0.25) is 0 Å². The molecule has 0 spiro atoms. The van der Waals surface area contributed by atoms with E-state index in [1.807, 2.05) is 18.2 Å². The first-order valence-corrected chi connectivity index (χ1v) is 10.1. The molecule has 0 saturated carbocycles. The number of hydrogen-bond acceptors (Lipinski definition) is 4. The van der Waals surface area contributed by atoms with Crippen LogP contribution in [0.3, 0.4) is 0 Å². The van der Waals surface area contributed by atoms with Crippen molar-refractivity contribution in [2.24, 2.45) is 0 Å². The van der Waals surface area contributed by atoms with E-state index in [9.17, 15) is 8.42 Å². The Kier molecular flexibility index (Phi) is 4.91. The van der Waals surface area contributed by atoms with Crippen LogP contribution >= 0.6 is 12.2 Å². The molecule has 1 aromatic heterocycles. The monoisotopic (exact) mass is 366 g/mol. The summed E-state index contributed by atoms with van der Waals surface area (Å²) in [6, 6.07) is 8.14. The zero-order valence-electron chi connectivity index (χ0n) is 13.8. The number of piperazine rings is 1. The van der Waals surface area contributed by atoms with Gasteiger partial charge in [-0.05, 0) is 24.4 Å². The highest BCUT2D eigenvalue weighted by molar-refractivity contribution is 7.88. The first kappa shape index (κ1) is 17.3. The molecule has 2 aromatic rings. The second kappa shape index (κ2) is 6.79. The summed E-state index contributed by atoms with van der Waals surface area (Å²) in [6.07, 6.45) is 3.11. The van der Waals surface area contributed by atoms with E-state index < -0.39 is 10.0 Å². The van der Waals surface area contributed by atoms with Crippen molar-refractivity contribution in [1.82, 2.24) is 18.3 Å². The largest absolute Gasteiger partial charge is 0.313 e. The second-order valence-electron chi connectivity index (χ2n) is 6.02. The summed E-state index contributed by atoms with van der Waals surface area (Å²) in [5.41, 5.74) is 2.19. The zero-order valence-corrected chi connectivity index (χ0v) is 15.4. The van der Waals surface area contributed by atoms with Crippen molar-refractivity contribution >= 4 is 33.3 Å². The molecule has 1 fully saturated rings. The SMILES string of the molecule is C=CCn1c(=S)n(CN2CCN(S(C)(=O)=O)CC2)c2ccccc21. The highest BCUT2D eigenvalue weighted by Crippen LogP contribution is 2.19. The minimum Gasteiger partial charge on any atom is -0.313 e. The lowest BCUT2D eigenvalue weighted by Gasteiger charge is -2.33. The predicted molar refractivity (Wildman–Crippen MR) is 98.9 cm³/mol. The Morgan fingerprint density at radius 3 is 2.25 bits per heavy atom. The molecule has 3 rings (SSSR count). The Morgan fingerprint density at radius 1 is 1.12 bits per heavy atom. The van der Waals surface area contributed by atoms with E-state index in [1.54, 1.807) is 0 Å². The predicted octanol–water partition coefficient (Wildman–Crippen LogP) is 1.89. The van der Waals surface area contributed by atoms with Crippen molar-refractivity contribution in [2.45, 2.75) is 13.2 Å². The molecule has 2 heterocycles. The molecule has 0 unspecified atom stereocenters. The van der Waals surface area contributed by atoms with Gasteiger partial charge in [-0.2, -0.15) is 4.31 Å². The van der Waals surface area contributed by atoms with Crippen LogP contribution in [-0.2, 0) is 23.2 Å². The summed E-state index contributed by atoms with van der Waals surface area (Å²) in [7, 11) is -3.10. The van der Waals surface area contributed by atoms with Gasteiger partial charge in [-0.15, -0.1) is 6.58 Å². The lowest BCUT2D eigenvalue weighted by Crippen LogP contribution is -2.48. The molecule has 0 atom stereocenters. The van der Waals surface area contributed by atoms with Crippen LogP contribution in [0.25, 0.3) is 11.0 Å². The van der Waals surface area contributed by atoms with Gasteiger partial charge in [-0.3, -0.25) is 4.90 Å². The number of hydrogen-bond donors (Lipinski definition) is 0. The molecule has 0 N–H and O–H groups in total. The number of sulfonamides is 1. The highest BCUT2D eigenvalue weighted by Gasteiger charge is 2.24. The van der Waals surface area contributed by atoms with Crippen LogP contribution in [0.15, 0.2) is 36.9 Å². The number of rotatable bonds is 5. The average molecular weight is 367 g/mol. The molecule has 1 aromatic carbocycles. The second-order valence-corrected chi connectivity index (χ2v) is 8.37.